The van der Waals surface area contributed by atoms with Crippen molar-refractivity contribution < 1.29 is 8.78 Å². The number of aromatic amines is 1. The lowest BCUT2D eigenvalue weighted by molar-refractivity contribution is 0.114. The molecule has 1 rings (SSSR count). The monoisotopic (exact) mass is 161 g/mol. The van der Waals surface area contributed by atoms with Crippen LogP contribution in [-0.2, 0) is 0 Å². The second kappa shape index (κ2) is 3.43. The number of imidazole rings is 1. The van der Waals surface area contributed by atoms with Crippen LogP contribution in [0.25, 0.3) is 0 Å². The summed E-state index contributed by atoms with van der Waals surface area (Å²) in [4.78, 5) is 6.29. The molecular weight excluding hydrogens is 152 g/mol. The van der Waals surface area contributed by atoms with Crippen molar-refractivity contribution in [2.24, 2.45) is 5.73 Å². The summed E-state index contributed by atoms with van der Waals surface area (Å²) in [7, 11) is 0. The van der Waals surface area contributed by atoms with Gasteiger partial charge in [0.15, 0.2) is 0 Å². The molecular formula is C6H9F2N3. The van der Waals surface area contributed by atoms with Crippen molar-refractivity contribution in [3.63, 3.8) is 0 Å². The Bertz CT molecular complexity index is 198. The molecule has 1 atom stereocenters. The van der Waals surface area contributed by atoms with E-state index in [1.54, 1.807) is 0 Å². The lowest BCUT2D eigenvalue weighted by atomic mass is 10.1. The third kappa shape index (κ3) is 1.74. The molecule has 5 heteroatoms. The average Bonchev–Trinajstić information content (AvgIpc) is 2.40. The molecule has 1 aromatic rings. The Balaban J connectivity index is 2.71. The number of H-pyrrole nitrogens is 1. The van der Waals surface area contributed by atoms with E-state index in [0.717, 1.165) is 0 Å². The van der Waals surface area contributed by atoms with Gasteiger partial charge in [-0.1, -0.05) is 0 Å². The first-order chi connectivity index (χ1) is 5.25. The normalized spacial score (nSPS) is 13.8. The molecule has 3 nitrogen and oxygen atoms in total. The zero-order valence-electron chi connectivity index (χ0n) is 5.80. The molecule has 1 unspecified atom stereocenters. The minimum atomic E-state index is -2.45. The highest BCUT2D eigenvalue weighted by Crippen LogP contribution is 2.17. The van der Waals surface area contributed by atoms with Gasteiger partial charge in [-0.3, -0.25) is 0 Å². The van der Waals surface area contributed by atoms with Gasteiger partial charge in [-0.25, -0.2) is 13.8 Å². The Morgan fingerprint density at radius 3 is 2.73 bits per heavy atom. The van der Waals surface area contributed by atoms with Crippen LogP contribution in [-0.4, -0.2) is 22.9 Å². The maximum atomic E-state index is 12.1. The standard InChI is InChI=1S/C6H9F2N3/c7-5(8)4(3-9)6-10-1-2-11-6/h1-2,4-5H,3,9H2,(H,10,11). The van der Waals surface area contributed by atoms with Crippen LogP contribution in [0.5, 0.6) is 0 Å². The fourth-order valence-corrected chi connectivity index (χ4v) is 0.814. The second-order valence-electron chi connectivity index (χ2n) is 2.15. The maximum absolute atomic E-state index is 12.1. The lowest BCUT2D eigenvalue weighted by Gasteiger charge is -2.09. The van der Waals surface area contributed by atoms with Gasteiger partial charge in [0, 0.05) is 18.9 Å². The van der Waals surface area contributed by atoms with Gasteiger partial charge >= 0.3 is 0 Å². The molecule has 1 aromatic heterocycles. The Kier molecular flexibility index (Phi) is 2.53. The molecule has 0 saturated carbocycles. The van der Waals surface area contributed by atoms with Gasteiger partial charge in [-0.05, 0) is 0 Å². The first kappa shape index (κ1) is 8.13. The van der Waals surface area contributed by atoms with Gasteiger partial charge in [-0.15, -0.1) is 0 Å². The van der Waals surface area contributed by atoms with E-state index in [0.29, 0.717) is 0 Å². The maximum Gasteiger partial charge on any atom is 0.249 e. The largest absolute Gasteiger partial charge is 0.348 e. The van der Waals surface area contributed by atoms with Gasteiger partial charge in [0.2, 0.25) is 6.43 Å². The molecule has 3 N–H and O–H groups in total. The summed E-state index contributed by atoms with van der Waals surface area (Å²) in [6.07, 6.45) is 0.479. The summed E-state index contributed by atoms with van der Waals surface area (Å²) in [5, 5.41) is 0. The molecule has 0 aliphatic rings. The molecule has 1 heterocycles. The van der Waals surface area contributed by atoms with Crippen molar-refractivity contribution in [1.29, 1.82) is 0 Å². The number of nitrogens with one attached hydrogen (secondary N) is 1. The van der Waals surface area contributed by atoms with Crippen LogP contribution in [0.3, 0.4) is 0 Å². The molecule has 0 aromatic carbocycles. The lowest BCUT2D eigenvalue weighted by Crippen LogP contribution is -2.20. The zero-order chi connectivity index (χ0) is 8.27. The van der Waals surface area contributed by atoms with E-state index in [1.807, 2.05) is 0 Å². The minimum Gasteiger partial charge on any atom is -0.348 e. The van der Waals surface area contributed by atoms with Crippen molar-refractivity contribution in [3.05, 3.63) is 18.2 Å². The van der Waals surface area contributed by atoms with Crippen LogP contribution < -0.4 is 5.73 Å². The molecule has 0 aliphatic heterocycles. The van der Waals surface area contributed by atoms with E-state index in [9.17, 15) is 8.78 Å². The van der Waals surface area contributed by atoms with Crippen LogP contribution in [0.2, 0.25) is 0 Å². The first-order valence-electron chi connectivity index (χ1n) is 3.23. The van der Waals surface area contributed by atoms with Crippen molar-refractivity contribution in [3.8, 4) is 0 Å². The zero-order valence-corrected chi connectivity index (χ0v) is 5.80. The van der Waals surface area contributed by atoms with Gasteiger partial charge in [0.05, 0.1) is 5.92 Å². The molecule has 0 amide bonds. The van der Waals surface area contributed by atoms with Gasteiger partial charge in [0.25, 0.3) is 0 Å². The van der Waals surface area contributed by atoms with Gasteiger partial charge in [-0.2, -0.15) is 0 Å². The van der Waals surface area contributed by atoms with Crippen LogP contribution in [0.4, 0.5) is 8.78 Å². The molecule has 11 heavy (non-hydrogen) atoms. The van der Waals surface area contributed by atoms with E-state index < -0.39 is 12.3 Å². The molecule has 0 radical (unpaired) electrons. The molecule has 0 bridgehead atoms. The Labute approximate surface area is 62.6 Å². The van der Waals surface area contributed by atoms with Crippen LogP contribution >= 0.6 is 0 Å². The van der Waals surface area contributed by atoms with Crippen LogP contribution in [0, 0.1) is 0 Å². The van der Waals surface area contributed by atoms with Crippen molar-refractivity contribution >= 4 is 0 Å². The molecule has 0 saturated heterocycles. The Morgan fingerprint density at radius 1 is 1.64 bits per heavy atom. The summed E-state index contributed by atoms with van der Waals surface area (Å²) in [6, 6.07) is 0. The van der Waals surface area contributed by atoms with Crippen molar-refractivity contribution in [1.82, 2.24) is 9.97 Å². The third-order valence-electron chi connectivity index (χ3n) is 1.43. The first-order valence-corrected chi connectivity index (χ1v) is 3.23. The number of rotatable bonds is 3. The van der Waals surface area contributed by atoms with E-state index in [4.69, 9.17) is 5.73 Å². The number of alkyl halides is 2. The Hall–Kier alpha value is -0.970. The summed E-state index contributed by atoms with van der Waals surface area (Å²) in [5.74, 6) is -0.715. The summed E-state index contributed by atoms with van der Waals surface area (Å²) < 4.78 is 24.2. The SMILES string of the molecule is NCC(c1ncc[nH]1)C(F)F. The molecule has 0 spiro atoms. The van der Waals surface area contributed by atoms with E-state index >= 15 is 0 Å². The second-order valence-corrected chi connectivity index (χ2v) is 2.15. The Morgan fingerprint density at radius 2 is 2.36 bits per heavy atom. The fourth-order valence-electron chi connectivity index (χ4n) is 0.814. The minimum absolute atomic E-state index is 0.0921. The number of aromatic nitrogens is 2. The van der Waals surface area contributed by atoms with Crippen molar-refractivity contribution in [2.75, 3.05) is 6.54 Å². The predicted molar refractivity (Wildman–Crippen MR) is 36.4 cm³/mol. The quantitative estimate of drug-likeness (QED) is 0.686. The molecule has 62 valence electrons. The van der Waals surface area contributed by atoms with Crippen LogP contribution in [0.15, 0.2) is 12.4 Å². The summed E-state index contributed by atoms with van der Waals surface area (Å²) in [6.45, 7) is -0.0921. The number of nitrogens with zero attached hydrogens (tertiary/aromatic N) is 1. The summed E-state index contributed by atoms with van der Waals surface area (Å²) >= 11 is 0. The topological polar surface area (TPSA) is 54.7 Å². The average molecular weight is 161 g/mol. The number of hydrogen-bond acceptors (Lipinski definition) is 2. The number of hydrogen-bond donors (Lipinski definition) is 2. The molecule has 0 aliphatic carbocycles. The highest BCUT2D eigenvalue weighted by atomic mass is 19.3. The number of halogens is 2. The fraction of sp³-hybridized carbons (Fsp3) is 0.500. The summed E-state index contributed by atoms with van der Waals surface area (Å²) in [5.41, 5.74) is 5.12. The van der Waals surface area contributed by atoms with Gasteiger partial charge in [0.1, 0.15) is 5.82 Å². The van der Waals surface area contributed by atoms with Crippen molar-refractivity contribution in [2.45, 2.75) is 12.3 Å². The third-order valence-corrected chi connectivity index (χ3v) is 1.43. The van der Waals surface area contributed by atoms with E-state index in [-0.39, 0.29) is 12.4 Å². The predicted octanol–water partition coefficient (Wildman–Crippen LogP) is 0.717. The highest BCUT2D eigenvalue weighted by molar-refractivity contribution is 4.98. The smallest absolute Gasteiger partial charge is 0.249 e. The van der Waals surface area contributed by atoms with Crippen LogP contribution in [0.1, 0.15) is 11.7 Å². The van der Waals surface area contributed by atoms with E-state index in [2.05, 4.69) is 9.97 Å². The number of nitrogens with two attached hydrogens (primary N) is 1. The van der Waals surface area contributed by atoms with Gasteiger partial charge < -0.3 is 10.7 Å². The van der Waals surface area contributed by atoms with E-state index in [1.165, 1.54) is 12.4 Å². The highest BCUT2D eigenvalue weighted by Gasteiger charge is 2.22. The molecule has 0 fully saturated rings.